The lowest BCUT2D eigenvalue weighted by Gasteiger charge is -2.09. The van der Waals surface area contributed by atoms with Crippen molar-refractivity contribution in [3.8, 4) is 50.3 Å². The van der Waals surface area contributed by atoms with Crippen LogP contribution in [0, 0.1) is 0 Å². The van der Waals surface area contributed by atoms with Crippen molar-refractivity contribution >= 4 is 53.4 Å². The lowest BCUT2D eigenvalue weighted by molar-refractivity contribution is 1.18. The van der Waals surface area contributed by atoms with Crippen molar-refractivity contribution < 1.29 is 0 Å². The number of thiophene rings is 1. The number of para-hydroxylation sites is 1. The number of hydrogen-bond donors (Lipinski definition) is 0. The highest BCUT2D eigenvalue weighted by molar-refractivity contribution is 7.26. The van der Waals surface area contributed by atoms with Gasteiger partial charge in [0, 0.05) is 32.1 Å². The van der Waals surface area contributed by atoms with Gasteiger partial charge < -0.3 is 4.57 Å². The zero-order chi connectivity index (χ0) is 33.0. The van der Waals surface area contributed by atoms with Crippen LogP contribution in [0.3, 0.4) is 0 Å². The summed E-state index contributed by atoms with van der Waals surface area (Å²) in [6.45, 7) is 0. The average Bonchev–Trinajstić information content (AvgIpc) is 3.74. The van der Waals surface area contributed by atoms with Gasteiger partial charge in [-0.05, 0) is 75.8 Å². The van der Waals surface area contributed by atoms with E-state index in [1.165, 1.54) is 59.7 Å². The van der Waals surface area contributed by atoms with Crippen LogP contribution in [-0.4, -0.2) is 14.5 Å². The van der Waals surface area contributed by atoms with E-state index < -0.39 is 0 Å². The molecular formula is C46H29N3S. The summed E-state index contributed by atoms with van der Waals surface area (Å²) in [5.41, 5.74) is 13.8. The van der Waals surface area contributed by atoms with Crippen LogP contribution in [0.15, 0.2) is 176 Å². The maximum Gasteiger partial charge on any atom is 0.116 e. The minimum atomic E-state index is 0.964. The molecule has 0 saturated carbocycles. The van der Waals surface area contributed by atoms with Crippen molar-refractivity contribution in [3.63, 3.8) is 0 Å². The molecule has 50 heavy (non-hydrogen) atoms. The zero-order valence-corrected chi connectivity index (χ0v) is 27.8. The van der Waals surface area contributed by atoms with E-state index >= 15 is 0 Å². The third kappa shape index (κ3) is 4.65. The topological polar surface area (TPSA) is 30.7 Å². The van der Waals surface area contributed by atoms with E-state index in [1.54, 1.807) is 17.7 Å². The van der Waals surface area contributed by atoms with E-state index in [0.717, 1.165) is 32.7 Å². The Hall–Kier alpha value is -6.36. The Morgan fingerprint density at radius 1 is 0.400 bits per heavy atom. The Bertz CT molecular complexity index is 2850. The molecule has 0 aliphatic heterocycles. The molecule has 0 saturated heterocycles. The highest BCUT2D eigenvalue weighted by atomic mass is 32.1. The Kier molecular flexibility index (Phi) is 6.68. The SMILES string of the molecule is c1ccc(-c2ccc3c(c2)c2cc(-c4cccc(-c5ncnc6c5sc5c(-c7ccccc7)cccc56)c4)ccc2n3-c2ccccc2)cc1. The second-order valence-corrected chi connectivity index (χ2v) is 13.7. The molecule has 0 fully saturated rings. The monoisotopic (exact) mass is 655 g/mol. The predicted molar refractivity (Wildman–Crippen MR) is 211 cm³/mol. The van der Waals surface area contributed by atoms with E-state index in [-0.39, 0.29) is 0 Å². The lowest BCUT2D eigenvalue weighted by atomic mass is 9.98. The second kappa shape index (κ2) is 11.7. The van der Waals surface area contributed by atoms with Gasteiger partial charge in [0.25, 0.3) is 0 Å². The fourth-order valence-corrected chi connectivity index (χ4v) is 8.66. The fraction of sp³-hybridized carbons (Fsp3) is 0. The molecule has 0 atom stereocenters. The van der Waals surface area contributed by atoms with E-state index in [9.17, 15) is 0 Å². The van der Waals surface area contributed by atoms with Crippen LogP contribution < -0.4 is 0 Å². The minimum Gasteiger partial charge on any atom is -0.309 e. The Morgan fingerprint density at radius 2 is 0.980 bits per heavy atom. The number of aromatic nitrogens is 3. The van der Waals surface area contributed by atoms with Gasteiger partial charge in [0.05, 0.1) is 26.9 Å². The molecule has 3 heterocycles. The lowest BCUT2D eigenvalue weighted by Crippen LogP contribution is -1.93. The Labute approximate surface area is 293 Å². The van der Waals surface area contributed by atoms with Gasteiger partial charge in [-0.1, -0.05) is 127 Å². The maximum absolute atomic E-state index is 4.87. The summed E-state index contributed by atoms with van der Waals surface area (Å²) in [7, 11) is 0. The second-order valence-electron chi connectivity index (χ2n) is 12.6. The molecule has 0 spiro atoms. The van der Waals surface area contributed by atoms with Crippen LogP contribution in [0.5, 0.6) is 0 Å². The van der Waals surface area contributed by atoms with Gasteiger partial charge in [-0.2, -0.15) is 0 Å². The molecule has 0 radical (unpaired) electrons. The first-order valence-corrected chi connectivity index (χ1v) is 17.6. The summed E-state index contributed by atoms with van der Waals surface area (Å²) >= 11 is 1.78. The molecular weight excluding hydrogens is 627 g/mol. The molecule has 234 valence electrons. The molecule has 0 N–H and O–H groups in total. The van der Waals surface area contributed by atoms with Crippen LogP contribution in [-0.2, 0) is 0 Å². The first kappa shape index (κ1) is 28.6. The number of hydrogen-bond acceptors (Lipinski definition) is 3. The van der Waals surface area contributed by atoms with Crippen molar-refractivity contribution in [2.75, 3.05) is 0 Å². The summed E-state index contributed by atoms with van der Waals surface area (Å²) < 4.78 is 4.72. The van der Waals surface area contributed by atoms with Crippen LogP contribution in [0.4, 0.5) is 0 Å². The molecule has 7 aromatic carbocycles. The van der Waals surface area contributed by atoms with E-state index in [1.807, 2.05) is 0 Å². The zero-order valence-electron chi connectivity index (χ0n) is 27.0. The molecule has 4 heteroatoms. The summed E-state index contributed by atoms with van der Waals surface area (Å²) in [6, 6.07) is 60.9. The van der Waals surface area contributed by atoms with Crippen LogP contribution in [0.1, 0.15) is 0 Å². The maximum atomic E-state index is 4.87. The van der Waals surface area contributed by atoms with E-state index in [2.05, 4.69) is 174 Å². The summed E-state index contributed by atoms with van der Waals surface area (Å²) in [4.78, 5) is 9.66. The van der Waals surface area contributed by atoms with Gasteiger partial charge in [-0.3, -0.25) is 0 Å². The molecule has 10 aromatic rings. The molecule has 10 rings (SSSR count). The largest absolute Gasteiger partial charge is 0.309 e. The van der Waals surface area contributed by atoms with Crippen LogP contribution >= 0.6 is 11.3 Å². The molecule has 3 nitrogen and oxygen atoms in total. The molecule has 3 aromatic heterocycles. The van der Waals surface area contributed by atoms with Crippen LogP contribution in [0.2, 0.25) is 0 Å². The molecule has 0 aliphatic rings. The van der Waals surface area contributed by atoms with E-state index in [4.69, 9.17) is 9.97 Å². The highest BCUT2D eigenvalue weighted by Gasteiger charge is 2.18. The van der Waals surface area contributed by atoms with Gasteiger partial charge in [0.1, 0.15) is 6.33 Å². The van der Waals surface area contributed by atoms with Gasteiger partial charge >= 0.3 is 0 Å². The fourth-order valence-electron chi connectivity index (χ4n) is 7.36. The van der Waals surface area contributed by atoms with Crippen molar-refractivity contribution in [2.45, 2.75) is 0 Å². The normalized spacial score (nSPS) is 11.6. The van der Waals surface area contributed by atoms with E-state index in [0.29, 0.717) is 0 Å². The molecule has 0 bridgehead atoms. The number of rotatable bonds is 5. The highest BCUT2D eigenvalue weighted by Crippen LogP contribution is 2.43. The summed E-state index contributed by atoms with van der Waals surface area (Å²) in [5.74, 6) is 0. The Morgan fingerprint density at radius 3 is 1.70 bits per heavy atom. The third-order valence-electron chi connectivity index (χ3n) is 9.72. The van der Waals surface area contributed by atoms with Crippen molar-refractivity contribution in [1.82, 2.24) is 14.5 Å². The predicted octanol–water partition coefficient (Wildman–Crippen LogP) is 12.6. The van der Waals surface area contributed by atoms with Crippen molar-refractivity contribution in [3.05, 3.63) is 176 Å². The molecule has 0 aliphatic carbocycles. The van der Waals surface area contributed by atoms with Crippen LogP contribution in [0.25, 0.3) is 92.4 Å². The number of nitrogens with zero attached hydrogens (tertiary/aromatic N) is 3. The van der Waals surface area contributed by atoms with Gasteiger partial charge in [0.15, 0.2) is 0 Å². The quantitative estimate of drug-likeness (QED) is 0.185. The van der Waals surface area contributed by atoms with Gasteiger partial charge in [-0.25, -0.2) is 9.97 Å². The Balaban J connectivity index is 1.13. The first-order chi connectivity index (χ1) is 24.8. The van der Waals surface area contributed by atoms with Crippen molar-refractivity contribution in [1.29, 1.82) is 0 Å². The minimum absolute atomic E-state index is 0.964. The third-order valence-corrected chi connectivity index (χ3v) is 11.0. The first-order valence-electron chi connectivity index (χ1n) is 16.8. The standard InChI is InChI=1S/C46H29N3S/c1-4-12-30(13-5-1)33-22-24-41-39(27-33)40-28-34(23-25-42(40)49(41)36-18-8-3-9-19-36)32-16-10-17-35(26-32)43-46-44(48-29-47-43)38-21-11-20-37(45(38)50-46)31-14-6-2-7-15-31/h1-29H. The smallest absolute Gasteiger partial charge is 0.116 e. The summed E-state index contributed by atoms with van der Waals surface area (Å²) in [6.07, 6.45) is 1.71. The number of benzene rings is 7. The molecule has 0 unspecified atom stereocenters. The summed E-state index contributed by atoms with van der Waals surface area (Å²) in [5, 5.41) is 3.63. The van der Waals surface area contributed by atoms with Crippen molar-refractivity contribution in [2.24, 2.45) is 0 Å². The molecule has 0 amide bonds. The van der Waals surface area contributed by atoms with Gasteiger partial charge in [0.2, 0.25) is 0 Å². The van der Waals surface area contributed by atoms with Gasteiger partial charge in [-0.15, -0.1) is 11.3 Å². The average molecular weight is 656 g/mol. The number of fused-ring (bicyclic) bond motifs is 6.